The summed E-state index contributed by atoms with van der Waals surface area (Å²) in [6, 6.07) is 11.0. The number of allylic oxidation sites excluding steroid dienone is 8. The van der Waals surface area contributed by atoms with Crippen molar-refractivity contribution >= 4 is 63.1 Å². The second-order valence-corrected chi connectivity index (χ2v) is 19.7. The minimum absolute atomic E-state index is 0. The van der Waals surface area contributed by atoms with Crippen LogP contribution in [0, 0.1) is 0 Å². The summed E-state index contributed by atoms with van der Waals surface area (Å²) in [6.45, 7) is 6.56. The molecule has 294 valence electrons. The third-order valence-corrected chi connectivity index (χ3v) is 12.5. The van der Waals surface area contributed by atoms with Gasteiger partial charge in [-0.2, -0.15) is 4.58 Å². The summed E-state index contributed by atoms with van der Waals surface area (Å²) in [5, 5.41) is 0. The molecule has 0 unspecified atom stereocenters. The number of rotatable bonds is 13. The molecule has 0 saturated heterocycles. The Bertz CT molecular complexity index is 2660. The van der Waals surface area contributed by atoms with Crippen molar-refractivity contribution in [1.29, 1.82) is 0 Å². The Morgan fingerprint density at radius 2 is 1.28 bits per heavy atom. The molecule has 0 atom stereocenters. The largest absolute Gasteiger partial charge is 1.00 e. The Labute approximate surface area is 406 Å². The minimum Gasteiger partial charge on any atom is -0.748 e. The molecule has 2 aliphatic rings. The molecule has 2 aromatic carbocycles. The molecule has 0 saturated carbocycles. The first-order chi connectivity index (χ1) is 25.3. The predicted octanol–water partition coefficient (Wildman–Crippen LogP) is -5.75. The molecule has 58 heavy (non-hydrogen) atoms. The number of aromatic nitrogens is 1. The van der Waals surface area contributed by atoms with Crippen molar-refractivity contribution in [2.75, 3.05) is 29.5 Å². The van der Waals surface area contributed by atoms with E-state index in [-0.39, 0.29) is 102 Å². The Kier molecular flexibility index (Phi) is 18.0. The molecular formula is C36H36N3Na3O12S4. The fraction of sp³-hybridized carbons (Fsp3) is 0.278. The normalized spacial score (nSPS) is 17.2. The van der Waals surface area contributed by atoms with Gasteiger partial charge in [-0.3, -0.25) is 4.98 Å². The van der Waals surface area contributed by atoms with E-state index in [1.54, 1.807) is 98.2 Å². The number of nitrogens with zero attached hydrogens (tertiary/aromatic N) is 3. The SMILES string of the molecule is CC1(C)C(/C=C/C=C(/C=C/C=C2/N(CCS(=O)(=O)[O-])c3ccc(S(=O)(=O)[O-])cc3C2(C)C)c2ccncc2)=[N+](CCS(=O)(=O)[O-])c2ccc(S(=O)(=O)[O-])cc21.[Na+].[Na+].[Na+]. The van der Waals surface area contributed by atoms with Crippen LogP contribution in [0.4, 0.5) is 11.4 Å². The van der Waals surface area contributed by atoms with E-state index in [9.17, 15) is 51.9 Å². The Hall–Kier alpha value is -1.34. The maximum absolute atomic E-state index is 11.8. The van der Waals surface area contributed by atoms with Crippen LogP contribution in [0.5, 0.6) is 0 Å². The zero-order chi connectivity index (χ0) is 40.8. The van der Waals surface area contributed by atoms with Crippen LogP contribution >= 0.6 is 0 Å². The van der Waals surface area contributed by atoms with Crippen LogP contribution in [0.2, 0.25) is 0 Å². The topological polar surface area (TPSA) is 248 Å². The molecule has 0 radical (unpaired) electrons. The van der Waals surface area contributed by atoms with E-state index in [2.05, 4.69) is 4.98 Å². The maximum Gasteiger partial charge on any atom is 1.00 e. The van der Waals surface area contributed by atoms with E-state index < -0.39 is 72.6 Å². The minimum atomic E-state index is -4.81. The average Bonchev–Trinajstić information content (AvgIpc) is 3.42. The molecule has 3 aromatic rings. The van der Waals surface area contributed by atoms with Crippen molar-refractivity contribution in [1.82, 2.24) is 4.98 Å². The molecule has 0 amide bonds. The molecule has 0 fully saturated rings. The summed E-state index contributed by atoms with van der Waals surface area (Å²) < 4.78 is 142. The van der Waals surface area contributed by atoms with Crippen molar-refractivity contribution in [3.63, 3.8) is 0 Å². The number of hydrogen-bond acceptors (Lipinski definition) is 14. The van der Waals surface area contributed by atoms with Crippen molar-refractivity contribution in [3.8, 4) is 0 Å². The third-order valence-electron chi connectivity index (χ3n) is 9.51. The number of fused-ring (bicyclic) bond motifs is 2. The van der Waals surface area contributed by atoms with Crippen molar-refractivity contribution < 1.29 is 145 Å². The average molecular weight is 900 g/mol. The quantitative estimate of drug-likeness (QED) is 0.0672. The van der Waals surface area contributed by atoms with Crippen molar-refractivity contribution in [2.45, 2.75) is 48.3 Å². The Balaban J connectivity index is 0.00000387. The molecule has 5 rings (SSSR count). The van der Waals surface area contributed by atoms with Crippen molar-refractivity contribution in [2.24, 2.45) is 0 Å². The Morgan fingerprint density at radius 3 is 1.83 bits per heavy atom. The van der Waals surface area contributed by atoms with Crippen LogP contribution in [-0.4, -0.2) is 91.7 Å². The third kappa shape index (κ3) is 12.4. The van der Waals surface area contributed by atoms with Crippen LogP contribution < -0.4 is 93.6 Å². The van der Waals surface area contributed by atoms with Crippen molar-refractivity contribution in [3.05, 3.63) is 120 Å². The second kappa shape index (κ2) is 19.8. The van der Waals surface area contributed by atoms with Gasteiger partial charge in [0, 0.05) is 53.4 Å². The predicted molar refractivity (Wildman–Crippen MR) is 200 cm³/mol. The summed E-state index contributed by atoms with van der Waals surface area (Å²) in [5.74, 6) is -1.49. The van der Waals surface area contributed by atoms with E-state index in [0.29, 0.717) is 45.0 Å². The van der Waals surface area contributed by atoms with Crippen LogP contribution in [-0.2, 0) is 51.3 Å². The smallest absolute Gasteiger partial charge is 0.748 e. The number of pyridine rings is 1. The van der Waals surface area contributed by atoms with Crippen LogP contribution in [0.1, 0.15) is 44.4 Å². The van der Waals surface area contributed by atoms with Crippen LogP contribution in [0.3, 0.4) is 0 Å². The van der Waals surface area contributed by atoms with Gasteiger partial charge in [0.05, 0.1) is 36.8 Å². The summed E-state index contributed by atoms with van der Waals surface area (Å²) in [6.07, 6.45) is 13.3. The van der Waals surface area contributed by atoms with Gasteiger partial charge in [0.25, 0.3) is 0 Å². The first kappa shape index (κ1) is 52.8. The monoisotopic (exact) mass is 899 g/mol. The maximum atomic E-state index is 11.8. The van der Waals surface area contributed by atoms with Gasteiger partial charge in [0.1, 0.15) is 30.4 Å². The number of hydrogen-bond donors (Lipinski definition) is 0. The van der Waals surface area contributed by atoms with Gasteiger partial charge < -0.3 is 23.1 Å². The van der Waals surface area contributed by atoms with Gasteiger partial charge in [-0.1, -0.05) is 38.2 Å². The molecule has 22 heteroatoms. The van der Waals surface area contributed by atoms with Crippen LogP contribution in [0.25, 0.3) is 5.57 Å². The summed E-state index contributed by atoms with van der Waals surface area (Å²) in [4.78, 5) is 4.73. The molecule has 0 aliphatic carbocycles. The van der Waals surface area contributed by atoms with E-state index in [4.69, 9.17) is 0 Å². The summed E-state index contributed by atoms with van der Waals surface area (Å²) in [5.41, 5.74) is 2.20. The van der Waals surface area contributed by atoms with Gasteiger partial charge in [0.15, 0.2) is 12.3 Å². The second-order valence-electron chi connectivity index (χ2n) is 13.9. The van der Waals surface area contributed by atoms with Gasteiger partial charge in [-0.25, -0.2) is 33.7 Å². The first-order valence-corrected chi connectivity index (χ1v) is 22.5. The first-order valence-electron chi connectivity index (χ1n) is 16.5. The van der Waals surface area contributed by atoms with Gasteiger partial charge in [-0.05, 0) is 79.1 Å². The molecule has 15 nitrogen and oxygen atoms in total. The number of benzene rings is 2. The van der Waals surface area contributed by atoms with E-state index in [0.717, 1.165) is 12.1 Å². The molecule has 0 spiro atoms. The van der Waals surface area contributed by atoms with E-state index in [1.807, 2.05) is 0 Å². The number of anilines is 1. The Morgan fingerprint density at radius 1 is 0.724 bits per heavy atom. The molecule has 0 N–H and O–H groups in total. The van der Waals surface area contributed by atoms with E-state index in [1.165, 1.54) is 24.3 Å². The molecular weight excluding hydrogens is 864 g/mol. The summed E-state index contributed by atoms with van der Waals surface area (Å²) >= 11 is 0. The molecule has 3 heterocycles. The van der Waals surface area contributed by atoms with Gasteiger partial charge in [0.2, 0.25) is 5.69 Å². The molecule has 1 aromatic heterocycles. The molecule has 2 aliphatic heterocycles. The van der Waals surface area contributed by atoms with Gasteiger partial charge >= 0.3 is 88.7 Å². The fourth-order valence-corrected chi connectivity index (χ4v) is 8.59. The standard InChI is InChI=1S/C36H39N3O12S4.3Na/c1-35(2)29-23-27(54(46,47)48)11-13-31(29)38(19-21-52(40,41)42)33(35)9-5-7-25(26-15-17-37-18-16-26)8-6-10-34-36(3,4)30-24-28(55(49,50)51)12-14-32(30)39(34)20-22-53(43,44)45;;;/h5-18,23-24H,19-22H2,1-4H3,(H3-,40,41,42,43,44,45,46,47,48,49,50,51);;;/q;3*+1/p-3. The summed E-state index contributed by atoms with van der Waals surface area (Å²) in [7, 11) is -18.9. The molecule has 0 bridgehead atoms. The zero-order valence-corrected chi connectivity index (χ0v) is 42.2. The zero-order valence-electron chi connectivity index (χ0n) is 32.9. The van der Waals surface area contributed by atoms with Crippen LogP contribution in [0.15, 0.2) is 113 Å². The van der Waals surface area contributed by atoms with Gasteiger partial charge in [-0.15, -0.1) is 0 Å². The van der Waals surface area contributed by atoms with E-state index >= 15 is 0 Å². The fourth-order valence-electron chi connectivity index (χ4n) is 6.79.